The van der Waals surface area contributed by atoms with Crippen molar-refractivity contribution in [2.75, 3.05) is 13.2 Å². The van der Waals surface area contributed by atoms with Crippen LogP contribution in [-0.4, -0.2) is 41.0 Å². The molecule has 0 unspecified atom stereocenters. The van der Waals surface area contributed by atoms with Crippen molar-refractivity contribution in [3.63, 3.8) is 0 Å². The Balaban J connectivity index is 1.73. The van der Waals surface area contributed by atoms with Crippen LogP contribution in [0.1, 0.15) is 40.7 Å². The highest BCUT2D eigenvalue weighted by molar-refractivity contribution is 6.00. The van der Waals surface area contributed by atoms with E-state index in [0.717, 1.165) is 24.5 Å². The van der Waals surface area contributed by atoms with Crippen LogP contribution in [0.15, 0.2) is 71.9 Å². The molecule has 3 rings (SSSR count). The fourth-order valence-corrected chi connectivity index (χ4v) is 3.32. The average molecular weight is 465 g/mol. The van der Waals surface area contributed by atoms with Crippen LogP contribution in [0.5, 0.6) is 11.5 Å². The Morgan fingerprint density at radius 3 is 2.65 bits per heavy atom. The first kappa shape index (κ1) is 24.6. The molecule has 178 valence electrons. The number of hydrogen-bond acceptors (Lipinski definition) is 7. The first-order chi connectivity index (χ1) is 16.5. The van der Waals surface area contributed by atoms with Crippen molar-refractivity contribution in [3.05, 3.63) is 83.5 Å². The molecule has 0 fully saturated rings. The number of carbonyl (C=O) groups excluding carboxylic acids is 2. The fourth-order valence-electron chi connectivity index (χ4n) is 3.32. The number of nitrogens with one attached hydrogen (secondary N) is 1. The van der Waals surface area contributed by atoms with Gasteiger partial charge in [-0.25, -0.2) is 4.79 Å². The minimum atomic E-state index is -0.692. The molecule has 0 atom stereocenters. The molecular formula is C26H28N2O6. The molecule has 0 saturated heterocycles. The summed E-state index contributed by atoms with van der Waals surface area (Å²) in [6.45, 7) is 0.265. The molecule has 2 aromatic carbocycles. The van der Waals surface area contributed by atoms with Crippen molar-refractivity contribution in [1.29, 1.82) is 0 Å². The van der Waals surface area contributed by atoms with Crippen molar-refractivity contribution in [3.8, 4) is 11.5 Å². The SMILES string of the molecule is O=C(CO/N=C1/C=C/CC/C=C/CCOC(=O)c2c(O)cc(O)cc2C1)NCc1ccccc1. The van der Waals surface area contributed by atoms with Gasteiger partial charge < -0.3 is 25.1 Å². The topological polar surface area (TPSA) is 117 Å². The molecule has 34 heavy (non-hydrogen) atoms. The van der Waals surface area contributed by atoms with Gasteiger partial charge in [0.1, 0.15) is 17.1 Å². The lowest BCUT2D eigenvalue weighted by Gasteiger charge is -2.12. The summed E-state index contributed by atoms with van der Waals surface area (Å²) in [5.41, 5.74) is 1.67. The molecule has 0 aromatic heterocycles. The zero-order chi connectivity index (χ0) is 24.2. The Hall–Kier alpha value is -4.07. The minimum Gasteiger partial charge on any atom is -0.508 e. The normalized spacial score (nSPS) is 17.6. The summed E-state index contributed by atoms with van der Waals surface area (Å²) in [5.74, 6) is -1.60. The summed E-state index contributed by atoms with van der Waals surface area (Å²) in [6.07, 6.45) is 9.77. The van der Waals surface area contributed by atoms with Crippen molar-refractivity contribution in [2.45, 2.75) is 32.2 Å². The summed E-state index contributed by atoms with van der Waals surface area (Å²) >= 11 is 0. The molecule has 0 aliphatic carbocycles. The summed E-state index contributed by atoms with van der Waals surface area (Å²) in [4.78, 5) is 29.9. The number of phenols is 2. The Kier molecular flexibility index (Phi) is 9.28. The molecule has 0 bridgehead atoms. The van der Waals surface area contributed by atoms with E-state index in [4.69, 9.17) is 9.57 Å². The molecule has 3 N–H and O–H groups in total. The average Bonchev–Trinajstić information content (AvgIpc) is 2.81. The number of allylic oxidation sites excluding steroid dienone is 3. The van der Waals surface area contributed by atoms with Crippen molar-refractivity contribution < 1.29 is 29.4 Å². The van der Waals surface area contributed by atoms with Gasteiger partial charge in [0.25, 0.3) is 5.91 Å². The van der Waals surface area contributed by atoms with E-state index in [2.05, 4.69) is 10.5 Å². The molecular weight excluding hydrogens is 436 g/mol. The third-order valence-corrected chi connectivity index (χ3v) is 4.96. The number of ether oxygens (including phenoxy) is 1. The fraction of sp³-hybridized carbons (Fsp3) is 0.269. The minimum absolute atomic E-state index is 0.0412. The summed E-state index contributed by atoms with van der Waals surface area (Å²) in [5, 5.41) is 27.1. The van der Waals surface area contributed by atoms with Crippen LogP contribution in [0.3, 0.4) is 0 Å². The molecule has 2 aromatic rings. The van der Waals surface area contributed by atoms with Crippen LogP contribution in [0, 0.1) is 0 Å². The summed E-state index contributed by atoms with van der Waals surface area (Å²) in [6, 6.07) is 12.0. The number of nitrogens with zero attached hydrogens (tertiary/aromatic N) is 1. The maximum atomic E-state index is 12.6. The van der Waals surface area contributed by atoms with Crippen molar-refractivity contribution in [2.24, 2.45) is 5.16 Å². The molecule has 1 heterocycles. The molecule has 1 aliphatic rings. The van der Waals surface area contributed by atoms with E-state index in [9.17, 15) is 19.8 Å². The monoisotopic (exact) mass is 464 g/mol. The lowest BCUT2D eigenvalue weighted by Crippen LogP contribution is -2.26. The third-order valence-electron chi connectivity index (χ3n) is 4.96. The predicted octanol–water partition coefficient (Wildman–Crippen LogP) is 3.78. The quantitative estimate of drug-likeness (QED) is 0.352. The van der Waals surface area contributed by atoms with Gasteiger partial charge in [0, 0.05) is 19.0 Å². The van der Waals surface area contributed by atoms with E-state index in [1.54, 1.807) is 6.08 Å². The Labute approximate surface area is 198 Å². The number of hydrogen-bond donors (Lipinski definition) is 3. The predicted molar refractivity (Wildman–Crippen MR) is 128 cm³/mol. The van der Waals surface area contributed by atoms with Crippen LogP contribution >= 0.6 is 0 Å². The highest BCUT2D eigenvalue weighted by atomic mass is 16.6. The van der Waals surface area contributed by atoms with Crippen LogP contribution in [0.4, 0.5) is 0 Å². The van der Waals surface area contributed by atoms with Gasteiger partial charge in [-0.3, -0.25) is 4.79 Å². The number of carbonyl (C=O) groups is 2. The number of cyclic esters (lactones) is 1. The zero-order valence-electron chi connectivity index (χ0n) is 18.8. The van der Waals surface area contributed by atoms with Crippen LogP contribution < -0.4 is 5.32 Å². The number of benzene rings is 2. The van der Waals surface area contributed by atoms with Crippen LogP contribution in [0.2, 0.25) is 0 Å². The van der Waals surface area contributed by atoms with Crippen LogP contribution in [-0.2, 0) is 27.3 Å². The highest BCUT2D eigenvalue weighted by Gasteiger charge is 2.20. The molecule has 1 aliphatic heterocycles. The highest BCUT2D eigenvalue weighted by Crippen LogP contribution is 2.29. The Morgan fingerprint density at radius 1 is 1.06 bits per heavy atom. The van der Waals surface area contributed by atoms with Gasteiger partial charge in [0.2, 0.25) is 0 Å². The van der Waals surface area contributed by atoms with E-state index in [1.165, 1.54) is 6.07 Å². The first-order valence-electron chi connectivity index (χ1n) is 11.1. The van der Waals surface area contributed by atoms with E-state index >= 15 is 0 Å². The van der Waals surface area contributed by atoms with E-state index in [-0.39, 0.29) is 42.6 Å². The van der Waals surface area contributed by atoms with Gasteiger partial charge in [-0.15, -0.1) is 0 Å². The van der Waals surface area contributed by atoms with E-state index in [1.807, 2.05) is 48.6 Å². The van der Waals surface area contributed by atoms with Gasteiger partial charge >= 0.3 is 5.97 Å². The maximum Gasteiger partial charge on any atom is 0.342 e. The van der Waals surface area contributed by atoms with Crippen LogP contribution in [0.25, 0.3) is 0 Å². The Bertz CT molecular complexity index is 1080. The second kappa shape index (κ2) is 12.8. The molecule has 0 radical (unpaired) electrons. The van der Waals surface area contributed by atoms with Crippen molar-refractivity contribution in [1.82, 2.24) is 5.32 Å². The zero-order valence-corrected chi connectivity index (χ0v) is 18.8. The van der Waals surface area contributed by atoms with Gasteiger partial charge in [-0.05, 0) is 42.5 Å². The lowest BCUT2D eigenvalue weighted by molar-refractivity contribution is -0.125. The van der Waals surface area contributed by atoms with Gasteiger partial charge in [-0.1, -0.05) is 53.7 Å². The number of fused-ring (bicyclic) bond motifs is 1. The van der Waals surface area contributed by atoms with Gasteiger partial charge in [0.05, 0.1) is 12.3 Å². The standard InChI is InChI=1S/C26H28N2O6/c29-22-15-20-14-21(28-34-18-24(31)27-17-19-10-6-5-7-11-19)12-8-3-1-2-4-9-13-33-26(32)25(20)23(30)16-22/h2,4-8,10-12,15-16,29-30H,1,3,9,13-14,17-18H2,(H,27,31)/b4-2+,12-8+,28-21-. The van der Waals surface area contributed by atoms with Crippen molar-refractivity contribution >= 4 is 17.6 Å². The Morgan fingerprint density at radius 2 is 1.82 bits per heavy atom. The maximum absolute atomic E-state index is 12.6. The summed E-state index contributed by atoms with van der Waals surface area (Å²) < 4.78 is 5.27. The smallest absolute Gasteiger partial charge is 0.342 e. The second-order valence-corrected chi connectivity index (χ2v) is 7.67. The first-order valence-corrected chi connectivity index (χ1v) is 11.1. The molecule has 0 saturated carbocycles. The number of aromatic hydroxyl groups is 2. The molecule has 0 spiro atoms. The lowest BCUT2D eigenvalue weighted by atomic mass is 10.00. The van der Waals surface area contributed by atoms with E-state index < -0.39 is 5.97 Å². The number of amides is 1. The molecule has 8 nitrogen and oxygen atoms in total. The van der Waals surface area contributed by atoms with E-state index in [0.29, 0.717) is 24.2 Å². The number of rotatable bonds is 5. The molecule has 8 heteroatoms. The number of esters is 1. The third kappa shape index (κ3) is 7.81. The second-order valence-electron chi connectivity index (χ2n) is 7.67. The molecule has 1 amide bonds. The summed E-state index contributed by atoms with van der Waals surface area (Å²) in [7, 11) is 0. The number of oxime groups is 1. The number of phenolic OH excluding ortho intramolecular Hbond substituents is 2. The van der Waals surface area contributed by atoms with Gasteiger partial charge in [-0.2, -0.15) is 0 Å². The van der Waals surface area contributed by atoms with Gasteiger partial charge in [0.15, 0.2) is 6.61 Å². The largest absolute Gasteiger partial charge is 0.508 e.